The monoisotopic (exact) mass is 808 g/mol. The second kappa shape index (κ2) is 19.4. The van der Waals surface area contributed by atoms with Crippen LogP contribution in [0.25, 0.3) is 34.7 Å². The predicted octanol–water partition coefficient (Wildman–Crippen LogP) is 8.71. The van der Waals surface area contributed by atoms with Crippen LogP contribution in [-0.2, 0) is 0 Å². The minimum Gasteiger partial charge on any atom is -0.372 e. The van der Waals surface area contributed by atoms with Gasteiger partial charge in [-0.15, -0.1) is 0 Å². The van der Waals surface area contributed by atoms with Gasteiger partial charge in [0.25, 0.3) is 11.9 Å². The van der Waals surface area contributed by atoms with Crippen molar-refractivity contribution < 1.29 is 0 Å². The summed E-state index contributed by atoms with van der Waals surface area (Å²) in [7, 11) is 0. The van der Waals surface area contributed by atoms with Gasteiger partial charge >= 0.3 is 0 Å². The molecular weight excluding hydrogens is 759 g/mol. The Morgan fingerprint density at radius 1 is 0.509 bits per heavy atom. The van der Waals surface area contributed by atoms with Gasteiger partial charge in [-0.3, -0.25) is 5.10 Å². The standard InChI is InChI=1S/C23H28N8.C13H14Cl2N4.C5H8N2/c1-7-29(8-2)20-11-9-19(10-12-20)21-24-22(30-17(5)13-15(3)27-30)26-23(25-21)31-18(6)14-16(4)28-31;1-3-19(4-2)10-7-5-9(6-8-10)11-16-12(14)18-13(15)17-11;1-4-3-5(2)7-6-4/h9-14H,7-8H2,1-6H3;5-8H,3-4H2,1-2H3;3H,1-2H3,(H,6,7). The number of aryl methyl sites for hydroxylation is 6. The van der Waals surface area contributed by atoms with Gasteiger partial charge in [0, 0.05) is 65.8 Å². The lowest BCUT2D eigenvalue weighted by Crippen LogP contribution is -2.21. The highest BCUT2D eigenvalue weighted by atomic mass is 35.5. The first-order valence-corrected chi connectivity index (χ1v) is 19.7. The Bertz CT molecular complexity index is 2260. The van der Waals surface area contributed by atoms with E-state index in [-0.39, 0.29) is 10.6 Å². The first kappa shape index (κ1) is 42.4. The molecule has 0 saturated heterocycles. The van der Waals surface area contributed by atoms with E-state index in [1.54, 1.807) is 9.36 Å². The van der Waals surface area contributed by atoms with E-state index in [0.717, 1.165) is 71.5 Å². The zero-order chi connectivity index (χ0) is 41.2. The van der Waals surface area contributed by atoms with Gasteiger partial charge in [-0.2, -0.15) is 45.2 Å². The Kier molecular flexibility index (Phi) is 14.5. The lowest BCUT2D eigenvalue weighted by atomic mass is 10.2. The summed E-state index contributed by atoms with van der Waals surface area (Å²) in [6, 6.07) is 22.3. The Labute approximate surface area is 344 Å². The first-order valence-electron chi connectivity index (χ1n) is 18.9. The molecule has 298 valence electrons. The fourth-order valence-electron chi connectivity index (χ4n) is 6.16. The second-order valence-electron chi connectivity index (χ2n) is 13.3. The predicted molar refractivity (Wildman–Crippen MR) is 229 cm³/mol. The molecule has 0 bridgehead atoms. The maximum Gasteiger partial charge on any atom is 0.256 e. The molecule has 14 nitrogen and oxygen atoms in total. The fraction of sp³-hybridized carbons (Fsp3) is 0.341. The minimum absolute atomic E-state index is 0.0998. The van der Waals surface area contributed by atoms with Crippen molar-refractivity contribution in [3.63, 3.8) is 0 Å². The number of nitrogens with one attached hydrogen (secondary N) is 1. The minimum atomic E-state index is 0.0998. The third-order valence-electron chi connectivity index (χ3n) is 8.93. The van der Waals surface area contributed by atoms with Crippen LogP contribution in [-0.4, -0.2) is 85.8 Å². The molecule has 5 aromatic heterocycles. The van der Waals surface area contributed by atoms with Gasteiger partial charge in [-0.05, 0) is 159 Å². The smallest absolute Gasteiger partial charge is 0.256 e. The lowest BCUT2D eigenvalue weighted by molar-refractivity contribution is 0.720. The van der Waals surface area contributed by atoms with E-state index in [1.807, 2.05) is 84.0 Å². The number of H-pyrrole nitrogens is 1. The van der Waals surface area contributed by atoms with Crippen LogP contribution >= 0.6 is 23.2 Å². The summed E-state index contributed by atoms with van der Waals surface area (Å²) in [5.74, 6) is 2.03. The highest BCUT2D eigenvalue weighted by Gasteiger charge is 2.16. The van der Waals surface area contributed by atoms with Gasteiger partial charge in [0.05, 0.1) is 17.1 Å². The van der Waals surface area contributed by atoms with E-state index in [2.05, 4.69) is 97.1 Å². The zero-order valence-corrected chi connectivity index (χ0v) is 35.8. The van der Waals surface area contributed by atoms with Gasteiger partial charge in [0.1, 0.15) is 0 Å². The van der Waals surface area contributed by atoms with Gasteiger partial charge in [0.2, 0.25) is 10.6 Å². The SMILES string of the molecule is CCN(CC)c1ccc(-c2nc(-n3nc(C)cc3C)nc(-n3nc(C)cc3C)n2)cc1.CCN(CC)c1ccc(-c2nc(Cl)nc(Cl)n2)cc1.Cc1cc(C)[nH]n1. The molecule has 0 unspecified atom stereocenters. The third kappa shape index (κ3) is 11.0. The molecule has 5 heterocycles. The van der Waals surface area contributed by atoms with Crippen molar-refractivity contribution in [2.75, 3.05) is 36.0 Å². The van der Waals surface area contributed by atoms with Gasteiger partial charge in [-0.25, -0.2) is 9.36 Å². The van der Waals surface area contributed by atoms with Crippen molar-refractivity contribution in [1.82, 2.24) is 59.7 Å². The molecule has 2 aromatic carbocycles. The van der Waals surface area contributed by atoms with Crippen LogP contribution in [0.2, 0.25) is 10.6 Å². The maximum atomic E-state index is 5.77. The van der Waals surface area contributed by atoms with E-state index in [4.69, 9.17) is 38.2 Å². The Morgan fingerprint density at radius 3 is 1.21 bits per heavy atom. The third-order valence-corrected chi connectivity index (χ3v) is 9.27. The fourth-order valence-corrected chi connectivity index (χ4v) is 6.53. The first-order chi connectivity index (χ1) is 27.3. The van der Waals surface area contributed by atoms with Crippen LogP contribution < -0.4 is 9.80 Å². The van der Waals surface area contributed by atoms with E-state index in [1.165, 1.54) is 11.4 Å². The number of rotatable bonds is 10. The summed E-state index contributed by atoms with van der Waals surface area (Å²) in [5, 5.41) is 16.0. The molecule has 0 aliphatic heterocycles. The summed E-state index contributed by atoms with van der Waals surface area (Å²) in [4.78, 5) is 30.6. The maximum absolute atomic E-state index is 5.77. The molecule has 16 heteroatoms. The van der Waals surface area contributed by atoms with Crippen LogP contribution in [0.1, 0.15) is 61.9 Å². The molecule has 0 radical (unpaired) electrons. The average molecular weight is 810 g/mol. The molecule has 7 aromatic rings. The summed E-state index contributed by atoms with van der Waals surface area (Å²) in [6.07, 6.45) is 0. The van der Waals surface area contributed by atoms with E-state index in [0.29, 0.717) is 23.5 Å². The van der Waals surface area contributed by atoms with E-state index >= 15 is 0 Å². The highest BCUT2D eigenvalue weighted by Crippen LogP contribution is 2.24. The number of nitrogens with zero attached hydrogens (tertiary/aromatic N) is 13. The quantitative estimate of drug-likeness (QED) is 0.141. The van der Waals surface area contributed by atoms with Crippen molar-refractivity contribution >= 4 is 34.6 Å². The molecule has 0 fully saturated rings. The Morgan fingerprint density at radius 2 is 0.912 bits per heavy atom. The Balaban J connectivity index is 0.000000201. The van der Waals surface area contributed by atoms with Gasteiger partial charge in [-0.1, -0.05) is 0 Å². The molecule has 0 amide bonds. The van der Waals surface area contributed by atoms with Crippen molar-refractivity contribution in [3.05, 3.63) is 111 Å². The number of anilines is 2. The molecule has 0 aliphatic rings. The molecule has 0 aliphatic carbocycles. The van der Waals surface area contributed by atoms with E-state index in [9.17, 15) is 0 Å². The molecule has 0 atom stereocenters. The van der Waals surface area contributed by atoms with Gasteiger partial charge in [0.15, 0.2) is 11.6 Å². The molecular formula is C41H50Cl2N14. The van der Waals surface area contributed by atoms with Crippen LogP contribution in [0.4, 0.5) is 11.4 Å². The Hall–Kier alpha value is -5.73. The van der Waals surface area contributed by atoms with Crippen molar-refractivity contribution in [2.45, 2.75) is 69.2 Å². The number of aromatic nitrogens is 12. The molecule has 1 N–H and O–H groups in total. The summed E-state index contributed by atoms with van der Waals surface area (Å²) < 4.78 is 3.50. The lowest BCUT2D eigenvalue weighted by Gasteiger charge is -2.21. The van der Waals surface area contributed by atoms with Crippen molar-refractivity contribution in [2.24, 2.45) is 0 Å². The number of aromatic amines is 1. The normalized spacial score (nSPS) is 10.7. The molecule has 0 saturated carbocycles. The van der Waals surface area contributed by atoms with Crippen LogP contribution in [0.5, 0.6) is 0 Å². The average Bonchev–Trinajstić information content (AvgIpc) is 3.87. The molecule has 57 heavy (non-hydrogen) atoms. The number of benzene rings is 2. The van der Waals surface area contributed by atoms with Crippen LogP contribution in [0.3, 0.4) is 0 Å². The second-order valence-corrected chi connectivity index (χ2v) is 13.9. The number of hydrogen-bond acceptors (Lipinski definition) is 11. The number of hydrogen-bond donors (Lipinski definition) is 1. The topological polar surface area (TPSA) is 148 Å². The zero-order valence-electron chi connectivity index (χ0n) is 34.2. The summed E-state index contributed by atoms with van der Waals surface area (Å²) in [6.45, 7) is 24.3. The largest absolute Gasteiger partial charge is 0.372 e. The van der Waals surface area contributed by atoms with E-state index < -0.39 is 0 Å². The van der Waals surface area contributed by atoms with Crippen molar-refractivity contribution in [1.29, 1.82) is 0 Å². The summed E-state index contributed by atoms with van der Waals surface area (Å²) >= 11 is 11.5. The van der Waals surface area contributed by atoms with Crippen molar-refractivity contribution in [3.8, 4) is 34.7 Å². The van der Waals surface area contributed by atoms with Crippen LogP contribution in [0, 0.1) is 41.5 Å². The number of halogens is 2. The molecule has 0 spiro atoms. The highest BCUT2D eigenvalue weighted by molar-refractivity contribution is 6.31. The van der Waals surface area contributed by atoms with Crippen LogP contribution in [0.15, 0.2) is 66.7 Å². The summed E-state index contributed by atoms with van der Waals surface area (Å²) in [5.41, 5.74) is 10.1. The molecule has 7 rings (SSSR count). The van der Waals surface area contributed by atoms with Gasteiger partial charge < -0.3 is 9.80 Å².